The highest BCUT2D eigenvalue weighted by Gasteiger charge is 2.14. The Morgan fingerprint density at radius 1 is 1.10 bits per heavy atom. The number of nitrogens with zero attached hydrogens (tertiary/aromatic N) is 2. The van der Waals surface area contributed by atoms with E-state index in [1.165, 1.54) is 11.3 Å². The first-order chi connectivity index (χ1) is 14.0. The lowest BCUT2D eigenvalue weighted by atomic mass is 10.2. The molecule has 0 radical (unpaired) electrons. The van der Waals surface area contributed by atoms with Crippen molar-refractivity contribution in [1.82, 2.24) is 9.88 Å². The molecule has 0 unspecified atom stereocenters. The second kappa shape index (κ2) is 9.84. The SMILES string of the molecule is CCOc1ccc(CN(C)C(=O)Cc2csc(NC(=O)c3ccccc3)n2)cc1. The number of hydrogen-bond donors (Lipinski definition) is 1. The summed E-state index contributed by atoms with van der Waals surface area (Å²) < 4.78 is 5.43. The van der Waals surface area contributed by atoms with E-state index in [1.807, 2.05) is 37.3 Å². The van der Waals surface area contributed by atoms with Gasteiger partial charge >= 0.3 is 0 Å². The normalized spacial score (nSPS) is 10.4. The molecule has 3 aromatic rings. The summed E-state index contributed by atoms with van der Waals surface area (Å²) in [6, 6.07) is 16.7. The Bertz CT molecular complexity index is 955. The van der Waals surface area contributed by atoms with Gasteiger partial charge in [-0.25, -0.2) is 4.98 Å². The first-order valence-corrected chi connectivity index (χ1v) is 10.2. The average Bonchev–Trinajstić information content (AvgIpc) is 3.17. The molecule has 29 heavy (non-hydrogen) atoms. The number of likely N-dealkylation sites (N-methyl/N-ethyl adjacent to an activating group) is 1. The number of thiazole rings is 1. The van der Waals surface area contributed by atoms with Gasteiger partial charge in [-0.2, -0.15) is 0 Å². The lowest BCUT2D eigenvalue weighted by molar-refractivity contribution is -0.129. The summed E-state index contributed by atoms with van der Waals surface area (Å²) in [5.74, 6) is 0.563. The number of carbonyl (C=O) groups is 2. The van der Waals surface area contributed by atoms with Crippen LogP contribution in [0.2, 0.25) is 0 Å². The van der Waals surface area contributed by atoms with E-state index in [4.69, 9.17) is 4.74 Å². The van der Waals surface area contributed by atoms with Crippen molar-refractivity contribution in [2.45, 2.75) is 19.9 Å². The van der Waals surface area contributed by atoms with Crippen LogP contribution in [0, 0.1) is 0 Å². The van der Waals surface area contributed by atoms with Crippen molar-refractivity contribution in [2.24, 2.45) is 0 Å². The van der Waals surface area contributed by atoms with Crippen molar-refractivity contribution < 1.29 is 14.3 Å². The van der Waals surface area contributed by atoms with Crippen molar-refractivity contribution in [3.05, 3.63) is 76.8 Å². The summed E-state index contributed by atoms with van der Waals surface area (Å²) in [4.78, 5) is 30.7. The molecule has 7 heteroatoms. The molecule has 0 fully saturated rings. The highest BCUT2D eigenvalue weighted by Crippen LogP contribution is 2.18. The van der Waals surface area contributed by atoms with E-state index in [2.05, 4.69) is 10.3 Å². The smallest absolute Gasteiger partial charge is 0.257 e. The van der Waals surface area contributed by atoms with Gasteiger partial charge in [0.1, 0.15) is 5.75 Å². The van der Waals surface area contributed by atoms with Crippen molar-refractivity contribution in [1.29, 1.82) is 0 Å². The summed E-state index contributed by atoms with van der Waals surface area (Å²) in [5.41, 5.74) is 2.23. The standard InChI is InChI=1S/C22H23N3O3S/c1-3-28-19-11-9-16(10-12-19)14-25(2)20(26)13-18-15-29-22(23-18)24-21(27)17-7-5-4-6-8-17/h4-12,15H,3,13-14H2,1-2H3,(H,23,24,27). The predicted molar refractivity (Wildman–Crippen MR) is 114 cm³/mol. The van der Waals surface area contributed by atoms with E-state index < -0.39 is 0 Å². The largest absolute Gasteiger partial charge is 0.494 e. The van der Waals surface area contributed by atoms with Gasteiger partial charge < -0.3 is 9.64 Å². The number of amides is 2. The average molecular weight is 410 g/mol. The Hall–Kier alpha value is -3.19. The number of hydrogen-bond acceptors (Lipinski definition) is 5. The molecule has 1 N–H and O–H groups in total. The molecule has 150 valence electrons. The van der Waals surface area contributed by atoms with E-state index >= 15 is 0 Å². The molecular formula is C22H23N3O3S. The first kappa shape index (κ1) is 20.5. The molecule has 0 bridgehead atoms. The fraction of sp³-hybridized carbons (Fsp3) is 0.227. The minimum absolute atomic E-state index is 0.0369. The van der Waals surface area contributed by atoms with Crippen molar-refractivity contribution >= 4 is 28.3 Å². The van der Waals surface area contributed by atoms with Gasteiger partial charge in [0, 0.05) is 24.5 Å². The number of aromatic nitrogens is 1. The van der Waals surface area contributed by atoms with Crippen LogP contribution in [0.25, 0.3) is 0 Å². The number of anilines is 1. The number of ether oxygens (including phenoxy) is 1. The van der Waals surface area contributed by atoms with Crippen LogP contribution < -0.4 is 10.1 Å². The minimum atomic E-state index is -0.217. The zero-order chi connectivity index (χ0) is 20.6. The maximum absolute atomic E-state index is 12.5. The monoisotopic (exact) mass is 409 g/mol. The molecule has 0 saturated heterocycles. The van der Waals surface area contributed by atoms with E-state index in [0.29, 0.717) is 29.5 Å². The van der Waals surface area contributed by atoms with Gasteiger partial charge in [-0.05, 0) is 36.8 Å². The first-order valence-electron chi connectivity index (χ1n) is 9.31. The van der Waals surface area contributed by atoms with Gasteiger partial charge in [-0.3, -0.25) is 14.9 Å². The highest BCUT2D eigenvalue weighted by molar-refractivity contribution is 7.14. The number of nitrogens with one attached hydrogen (secondary N) is 1. The fourth-order valence-corrected chi connectivity index (χ4v) is 3.42. The molecule has 3 rings (SSSR count). The van der Waals surface area contributed by atoms with Crippen molar-refractivity contribution in [3.63, 3.8) is 0 Å². The van der Waals surface area contributed by atoms with Gasteiger partial charge in [0.15, 0.2) is 5.13 Å². The Balaban J connectivity index is 1.53. The third kappa shape index (κ3) is 5.89. The minimum Gasteiger partial charge on any atom is -0.494 e. The van der Waals surface area contributed by atoms with E-state index in [9.17, 15) is 9.59 Å². The maximum Gasteiger partial charge on any atom is 0.257 e. The van der Waals surface area contributed by atoms with Crippen LogP contribution in [0.5, 0.6) is 5.75 Å². The summed E-state index contributed by atoms with van der Waals surface area (Å²) >= 11 is 1.31. The molecule has 2 amide bonds. The molecule has 0 aliphatic heterocycles. The number of benzene rings is 2. The Labute approximate surface area is 174 Å². The maximum atomic E-state index is 12.5. The van der Waals surface area contributed by atoms with E-state index in [1.54, 1.807) is 41.6 Å². The topological polar surface area (TPSA) is 71.5 Å². The molecule has 0 atom stereocenters. The van der Waals surface area contributed by atoms with Crippen LogP contribution in [-0.4, -0.2) is 35.4 Å². The Morgan fingerprint density at radius 2 is 1.83 bits per heavy atom. The van der Waals surface area contributed by atoms with Gasteiger partial charge in [-0.1, -0.05) is 30.3 Å². The molecule has 1 aromatic heterocycles. The summed E-state index contributed by atoms with van der Waals surface area (Å²) in [5, 5.41) is 5.05. The lowest BCUT2D eigenvalue weighted by Gasteiger charge is -2.17. The number of carbonyl (C=O) groups excluding carboxylic acids is 2. The van der Waals surface area contributed by atoms with Gasteiger partial charge in [0.05, 0.1) is 18.7 Å². The predicted octanol–water partition coefficient (Wildman–Crippen LogP) is 4.00. The fourth-order valence-electron chi connectivity index (χ4n) is 2.71. The van der Waals surface area contributed by atoms with E-state index in [0.717, 1.165) is 11.3 Å². The second-order valence-electron chi connectivity index (χ2n) is 6.47. The third-order valence-corrected chi connectivity index (χ3v) is 5.03. The molecule has 0 saturated carbocycles. The van der Waals surface area contributed by atoms with Crippen LogP contribution in [0.3, 0.4) is 0 Å². The molecule has 0 aliphatic rings. The molecule has 1 heterocycles. The zero-order valence-corrected chi connectivity index (χ0v) is 17.2. The third-order valence-electron chi connectivity index (χ3n) is 4.22. The van der Waals surface area contributed by atoms with Crippen molar-refractivity contribution in [2.75, 3.05) is 19.0 Å². The molecule has 0 aliphatic carbocycles. The molecule has 2 aromatic carbocycles. The van der Waals surface area contributed by atoms with Crippen LogP contribution in [0.1, 0.15) is 28.5 Å². The Kier molecular flexibility index (Phi) is 6.97. The summed E-state index contributed by atoms with van der Waals surface area (Å²) in [7, 11) is 1.77. The van der Waals surface area contributed by atoms with Gasteiger partial charge in [-0.15, -0.1) is 11.3 Å². The quantitative estimate of drug-likeness (QED) is 0.611. The summed E-state index contributed by atoms with van der Waals surface area (Å²) in [6.07, 6.45) is 0.186. The Morgan fingerprint density at radius 3 is 2.52 bits per heavy atom. The van der Waals surface area contributed by atoms with Gasteiger partial charge in [0.25, 0.3) is 5.91 Å². The highest BCUT2D eigenvalue weighted by atomic mass is 32.1. The lowest BCUT2D eigenvalue weighted by Crippen LogP contribution is -2.27. The summed E-state index contributed by atoms with van der Waals surface area (Å²) in [6.45, 7) is 3.07. The molecule has 0 spiro atoms. The van der Waals surface area contributed by atoms with E-state index in [-0.39, 0.29) is 18.2 Å². The zero-order valence-electron chi connectivity index (χ0n) is 16.4. The van der Waals surface area contributed by atoms with Gasteiger partial charge in [0.2, 0.25) is 5.91 Å². The molecule has 6 nitrogen and oxygen atoms in total. The van der Waals surface area contributed by atoms with Crippen LogP contribution in [0.15, 0.2) is 60.0 Å². The van der Waals surface area contributed by atoms with Crippen LogP contribution in [-0.2, 0) is 17.8 Å². The second-order valence-corrected chi connectivity index (χ2v) is 7.33. The van der Waals surface area contributed by atoms with Crippen LogP contribution in [0.4, 0.5) is 5.13 Å². The van der Waals surface area contributed by atoms with Crippen LogP contribution >= 0.6 is 11.3 Å². The number of rotatable bonds is 8. The van der Waals surface area contributed by atoms with Crippen molar-refractivity contribution in [3.8, 4) is 5.75 Å². The molecular weight excluding hydrogens is 386 g/mol.